The van der Waals surface area contributed by atoms with Crippen LogP contribution in [-0.2, 0) is 0 Å². The first kappa shape index (κ1) is 13.2. The Kier molecular flexibility index (Phi) is 3.57. The Bertz CT molecular complexity index is 479. The molecule has 0 spiro atoms. The third kappa shape index (κ3) is 2.85. The van der Waals surface area contributed by atoms with Crippen LogP contribution in [0.15, 0.2) is 16.9 Å². The van der Waals surface area contributed by atoms with Gasteiger partial charge in [0.2, 0.25) is 0 Å². The van der Waals surface area contributed by atoms with Gasteiger partial charge in [-0.25, -0.2) is 0 Å². The summed E-state index contributed by atoms with van der Waals surface area (Å²) in [5.74, 6) is -0.804. The minimum atomic E-state index is -0.741. The zero-order valence-electron chi connectivity index (χ0n) is 10.0. The molecule has 0 bridgehead atoms. The average molecular weight is 240 g/mol. The Hall–Kier alpha value is -1.82. The van der Waals surface area contributed by atoms with Crippen molar-refractivity contribution >= 4 is 5.91 Å². The van der Waals surface area contributed by atoms with Crippen LogP contribution in [0.1, 0.15) is 24.2 Å². The molecule has 0 radical (unpaired) electrons. The summed E-state index contributed by atoms with van der Waals surface area (Å²) in [5, 5.41) is 18.4. The number of carbonyl (C=O) groups excluding carboxylic acids is 1. The highest BCUT2D eigenvalue weighted by Gasteiger charge is 2.27. The van der Waals surface area contributed by atoms with Crippen LogP contribution in [0, 0.1) is 0 Å². The molecule has 1 rings (SSSR count). The van der Waals surface area contributed by atoms with Gasteiger partial charge in [0.1, 0.15) is 0 Å². The largest absolute Gasteiger partial charge is 0.494 e. The predicted octanol–water partition coefficient (Wildman–Crippen LogP) is -0.0766. The van der Waals surface area contributed by atoms with Crippen LogP contribution in [-0.4, -0.2) is 45.2 Å². The van der Waals surface area contributed by atoms with E-state index in [1.54, 1.807) is 13.8 Å². The number of pyridine rings is 1. The van der Waals surface area contributed by atoms with Crippen LogP contribution < -0.4 is 5.56 Å². The SMILES string of the molecule is CN(C(=O)c1cc(O)[nH]c(=O)c1)C(C)(C)CO. The van der Waals surface area contributed by atoms with Crippen LogP contribution >= 0.6 is 0 Å². The highest BCUT2D eigenvalue weighted by atomic mass is 16.3. The Balaban J connectivity index is 3.09. The monoisotopic (exact) mass is 240 g/mol. The molecule has 3 N–H and O–H groups in total. The first-order valence-electron chi connectivity index (χ1n) is 5.10. The number of amides is 1. The van der Waals surface area contributed by atoms with Crippen molar-refractivity contribution in [1.29, 1.82) is 0 Å². The molecule has 0 aliphatic rings. The van der Waals surface area contributed by atoms with E-state index in [-0.39, 0.29) is 18.1 Å². The zero-order chi connectivity index (χ0) is 13.2. The number of hydrogen-bond acceptors (Lipinski definition) is 4. The molecule has 0 atom stereocenters. The molecule has 0 aliphatic heterocycles. The molecule has 6 heteroatoms. The minimum Gasteiger partial charge on any atom is -0.494 e. The standard InChI is InChI=1S/C11H16N2O4/c1-11(2,6-14)13(3)10(17)7-4-8(15)12-9(16)5-7/h4-5,14H,6H2,1-3H3,(H2,12,15,16). The van der Waals surface area contributed by atoms with Crippen molar-refractivity contribution in [3.8, 4) is 5.88 Å². The van der Waals surface area contributed by atoms with Crippen LogP contribution in [0.4, 0.5) is 0 Å². The highest BCUT2D eigenvalue weighted by Crippen LogP contribution is 2.15. The lowest BCUT2D eigenvalue weighted by Crippen LogP contribution is -2.47. The van der Waals surface area contributed by atoms with Crippen molar-refractivity contribution in [2.75, 3.05) is 13.7 Å². The number of aromatic hydroxyl groups is 1. The van der Waals surface area contributed by atoms with Crippen molar-refractivity contribution in [3.63, 3.8) is 0 Å². The van der Waals surface area contributed by atoms with Crippen molar-refractivity contribution in [3.05, 3.63) is 28.0 Å². The quantitative estimate of drug-likeness (QED) is 0.689. The van der Waals surface area contributed by atoms with Gasteiger partial charge in [0.05, 0.1) is 17.7 Å². The maximum absolute atomic E-state index is 12.0. The highest BCUT2D eigenvalue weighted by molar-refractivity contribution is 5.94. The summed E-state index contributed by atoms with van der Waals surface area (Å²) >= 11 is 0. The number of nitrogens with zero attached hydrogens (tertiary/aromatic N) is 1. The number of nitrogens with one attached hydrogen (secondary N) is 1. The number of aromatic nitrogens is 1. The third-order valence-electron chi connectivity index (χ3n) is 2.68. The van der Waals surface area contributed by atoms with E-state index < -0.39 is 17.0 Å². The fraction of sp³-hybridized carbons (Fsp3) is 0.455. The van der Waals surface area contributed by atoms with Crippen LogP contribution in [0.5, 0.6) is 5.88 Å². The number of aliphatic hydroxyl groups is 1. The van der Waals surface area contributed by atoms with Gasteiger partial charge in [0.25, 0.3) is 11.5 Å². The molecule has 0 aliphatic carbocycles. The summed E-state index contributed by atoms with van der Waals surface area (Å²) in [5.41, 5.74) is -1.21. The molecule has 17 heavy (non-hydrogen) atoms. The van der Waals surface area contributed by atoms with E-state index >= 15 is 0 Å². The number of likely N-dealkylation sites (N-methyl/N-ethyl adjacent to an activating group) is 1. The number of H-pyrrole nitrogens is 1. The second-order valence-corrected chi connectivity index (χ2v) is 4.45. The molecular formula is C11H16N2O4. The lowest BCUT2D eigenvalue weighted by Gasteiger charge is -2.33. The Morgan fingerprint density at radius 2 is 2.06 bits per heavy atom. The first-order valence-corrected chi connectivity index (χ1v) is 5.10. The molecule has 1 amide bonds. The molecular weight excluding hydrogens is 224 g/mol. The Morgan fingerprint density at radius 1 is 1.47 bits per heavy atom. The minimum absolute atomic E-state index is 0.0790. The summed E-state index contributed by atoms with van der Waals surface area (Å²) in [6.07, 6.45) is 0. The number of rotatable bonds is 3. The summed E-state index contributed by atoms with van der Waals surface area (Å²) < 4.78 is 0. The summed E-state index contributed by atoms with van der Waals surface area (Å²) in [7, 11) is 1.52. The lowest BCUT2D eigenvalue weighted by atomic mass is 10.0. The van der Waals surface area contributed by atoms with Gasteiger partial charge >= 0.3 is 0 Å². The molecule has 0 saturated carbocycles. The predicted molar refractivity (Wildman–Crippen MR) is 62.0 cm³/mol. The van der Waals surface area contributed by atoms with E-state index in [0.717, 1.165) is 6.07 Å². The second kappa shape index (κ2) is 4.58. The average Bonchev–Trinajstić information content (AvgIpc) is 2.25. The van der Waals surface area contributed by atoms with E-state index in [1.807, 2.05) is 0 Å². The van der Waals surface area contributed by atoms with Crippen molar-refractivity contribution in [1.82, 2.24) is 9.88 Å². The van der Waals surface area contributed by atoms with E-state index in [9.17, 15) is 14.7 Å². The van der Waals surface area contributed by atoms with Gasteiger partial charge in [-0.3, -0.25) is 14.6 Å². The van der Waals surface area contributed by atoms with Gasteiger partial charge < -0.3 is 15.1 Å². The number of hydrogen-bond donors (Lipinski definition) is 3. The van der Waals surface area contributed by atoms with Gasteiger partial charge in [-0.05, 0) is 13.8 Å². The lowest BCUT2D eigenvalue weighted by molar-refractivity contribution is 0.0472. The molecule has 6 nitrogen and oxygen atoms in total. The van der Waals surface area contributed by atoms with Crippen LogP contribution in [0.25, 0.3) is 0 Å². The van der Waals surface area contributed by atoms with Crippen LogP contribution in [0.3, 0.4) is 0 Å². The van der Waals surface area contributed by atoms with Gasteiger partial charge in [-0.15, -0.1) is 0 Å². The molecule has 0 unspecified atom stereocenters. The Labute approximate surface area is 98.5 Å². The van der Waals surface area contributed by atoms with E-state index in [0.29, 0.717) is 0 Å². The smallest absolute Gasteiger partial charge is 0.254 e. The van der Waals surface area contributed by atoms with Gasteiger partial charge in [-0.1, -0.05) is 0 Å². The third-order valence-corrected chi connectivity index (χ3v) is 2.68. The van der Waals surface area contributed by atoms with Crippen molar-refractivity contribution in [2.24, 2.45) is 0 Å². The second-order valence-electron chi connectivity index (χ2n) is 4.45. The molecule has 94 valence electrons. The summed E-state index contributed by atoms with van der Waals surface area (Å²) in [6, 6.07) is 2.28. The summed E-state index contributed by atoms with van der Waals surface area (Å²) in [6.45, 7) is 3.18. The summed E-state index contributed by atoms with van der Waals surface area (Å²) in [4.78, 5) is 26.6. The molecule has 1 heterocycles. The fourth-order valence-electron chi connectivity index (χ4n) is 1.23. The molecule has 1 aromatic heterocycles. The molecule has 0 aromatic carbocycles. The van der Waals surface area contributed by atoms with Gasteiger partial charge in [0.15, 0.2) is 5.88 Å². The number of aromatic amines is 1. The maximum Gasteiger partial charge on any atom is 0.254 e. The molecule has 1 aromatic rings. The van der Waals surface area contributed by atoms with E-state index in [4.69, 9.17) is 5.11 Å². The Morgan fingerprint density at radius 3 is 2.53 bits per heavy atom. The fourth-order valence-corrected chi connectivity index (χ4v) is 1.23. The van der Waals surface area contributed by atoms with Crippen molar-refractivity contribution < 1.29 is 15.0 Å². The van der Waals surface area contributed by atoms with Crippen LogP contribution in [0.2, 0.25) is 0 Å². The number of aliphatic hydroxyl groups excluding tert-OH is 1. The van der Waals surface area contributed by atoms with Crippen molar-refractivity contribution in [2.45, 2.75) is 19.4 Å². The number of carbonyl (C=O) groups is 1. The molecule has 0 fully saturated rings. The maximum atomic E-state index is 12.0. The molecule has 0 saturated heterocycles. The zero-order valence-corrected chi connectivity index (χ0v) is 10.0. The van der Waals surface area contributed by atoms with Gasteiger partial charge in [-0.2, -0.15) is 0 Å². The van der Waals surface area contributed by atoms with Gasteiger partial charge in [0, 0.05) is 19.2 Å². The van der Waals surface area contributed by atoms with E-state index in [1.165, 1.54) is 18.0 Å². The normalized spacial score (nSPS) is 11.3. The van der Waals surface area contributed by atoms with E-state index in [2.05, 4.69) is 4.98 Å². The topological polar surface area (TPSA) is 93.6 Å². The first-order chi connectivity index (χ1) is 7.77.